The van der Waals surface area contributed by atoms with E-state index < -0.39 is 17.5 Å². The molecule has 1 aliphatic rings. The molecule has 2 aromatic carbocycles. The molecule has 1 atom stereocenters. The summed E-state index contributed by atoms with van der Waals surface area (Å²) >= 11 is 0. The topological polar surface area (TPSA) is 100 Å². The van der Waals surface area contributed by atoms with E-state index in [0.29, 0.717) is 24.4 Å². The average molecular weight is 429 g/mol. The number of dihydropyridines is 1. The first-order valence-corrected chi connectivity index (χ1v) is 9.71. The molecular weight excluding hydrogens is 404 g/mol. The highest BCUT2D eigenvalue weighted by Crippen LogP contribution is 2.18. The Hall–Kier alpha value is -3.59. The monoisotopic (exact) mass is 429 g/mol. The highest BCUT2D eigenvalue weighted by atomic mass is 19.1. The van der Waals surface area contributed by atoms with Gasteiger partial charge in [-0.05, 0) is 48.0 Å². The fourth-order valence-electron chi connectivity index (χ4n) is 3.07. The highest BCUT2D eigenvalue weighted by molar-refractivity contribution is 5.96. The van der Waals surface area contributed by atoms with E-state index >= 15 is 0 Å². The third kappa shape index (κ3) is 6.45. The molecule has 0 saturated heterocycles. The van der Waals surface area contributed by atoms with Gasteiger partial charge in [0, 0.05) is 49.5 Å². The van der Waals surface area contributed by atoms with Crippen molar-refractivity contribution in [2.24, 2.45) is 5.73 Å². The van der Waals surface area contributed by atoms with E-state index in [0.717, 1.165) is 17.4 Å². The van der Waals surface area contributed by atoms with Gasteiger partial charge in [-0.15, -0.1) is 0 Å². The number of hydrogen-bond acceptors (Lipinski definition) is 6. The van der Waals surface area contributed by atoms with Gasteiger partial charge in [0.2, 0.25) is 0 Å². The van der Waals surface area contributed by atoms with Crippen molar-refractivity contribution < 1.29 is 18.3 Å². The number of amides is 1. The second kappa shape index (κ2) is 10.4. The molecule has 2 aromatic rings. The summed E-state index contributed by atoms with van der Waals surface area (Å²) in [6.07, 6.45) is 2.93. The molecule has 9 heteroatoms. The first-order chi connectivity index (χ1) is 14.9. The van der Waals surface area contributed by atoms with E-state index in [4.69, 9.17) is 10.5 Å². The standard InChI is InChI=1S/C22H25F2N5O2/c1-31-7-6-26-17-2-4-18(5-3-17)29-21-11-20(19(13-28-21)22(25)30)27-12-14-8-15(23)10-16(24)9-14/h2-5,8-11,13,21,26-29H,6-7,12H2,1H3,(H2,25,30). The van der Waals surface area contributed by atoms with Crippen LogP contribution < -0.4 is 27.0 Å². The lowest BCUT2D eigenvalue weighted by atomic mass is 10.1. The van der Waals surface area contributed by atoms with E-state index in [1.807, 2.05) is 24.3 Å². The summed E-state index contributed by atoms with van der Waals surface area (Å²) < 4.78 is 31.9. The Balaban J connectivity index is 1.66. The van der Waals surface area contributed by atoms with Gasteiger partial charge in [0.25, 0.3) is 5.91 Å². The molecule has 31 heavy (non-hydrogen) atoms. The van der Waals surface area contributed by atoms with Crippen molar-refractivity contribution in [1.29, 1.82) is 0 Å². The molecule has 6 N–H and O–H groups in total. The number of halogens is 2. The van der Waals surface area contributed by atoms with Crippen molar-refractivity contribution in [3.05, 3.63) is 83.2 Å². The number of primary amides is 1. The summed E-state index contributed by atoms with van der Waals surface area (Å²) in [5, 5.41) is 12.6. The number of carbonyl (C=O) groups excluding carboxylic acids is 1. The molecule has 0 bridgehead atoms. The van der Waals surface area contributed by atoms with Crippen LogP contribution in [0, 0.1) is 11.6 Å². The van der Waals surface area contributed by atoms with Gasteiger partial charge in [0.1, 0.15) is 17.8 Å². The zero-order valence-electron chi connectivity index (χ0n) is 17.0. The van der Waals surface area contributed by atoms with E-state index in [1.165, 1.54) is 18.3 Å². The lowest BCUT2D eigenvalue weighted by Gasteiger charge is -2.25. The van der Waals surface area contributed by atoms with Gasteiger partial charge in [-0.1, -0.05) is 0 Å². The number of ether oxygens (including phenoxy) is 1. The van der Waals surface area contributed by atoms with Crippen LogP contribution in [0.15, 0.2) is 66.0 Å². The number of nitrogens with one attached hydrogen (secondary N) is 4. The molecule has 1 heterocycles. The van der Waals surface area contributed by atoms with Crippen molar-refractivity contribution in [2.45, 2.75) is 12.7 Å². The van der Waals surface area contributed by atoms with Gasteiger partial charge >= 0.3 is 0 Å². The summed E-state index contributed by atoms with van der Waals surface area (Å²) in [5.41, 5.74) is 8.39. The molecule has 1 unspecified atom stereocenters. The van der Waals surface area contributed by atoms with Crippen LogP contribution in [0.3, 0.4) is 0 Å². The van der Waals surface area contributed by atoms with E-state index in [1.54, 1.807) is 13.2 Å². The second-order valence-electron chi connectivity index (χ2n) is 6.92. The lowest BCUT2D eigenvalue weighted by molar-refractivity contribution is -0.114. The molecule has 0 radical (unpaired) electrons. The van der Waals surface area contributed by atoms with Crippen LogP contribution in [-0.4, -0.2) is 32.3 Å². The molecule has 0 fully saturated rings. The second-order valence-corrected chi connectivity index (χ2v) is 6.92. The molecule has 7 nitrogen and oxygen atoms in total. The van der Waals surface area contributed by atoms with E-state index in [-0.39, 0.29) is 18.3 Å². The van der Waals surface area contributed by atoms with Crippen LogP contribution >= 0.6 is 0 Å². The predicted molar refractivity (Wildman–Crippen MR) is 116 cm³/mol. The molecule has 1 amide bonds. The first-order valence-electron chi connectivity index (χ1n) is 9.71. The fraction of sp³-hybridized carbons (Fsp3) is 0.227. The van der Waals surface area contributed by atoms with E-state index in [9.17, 15) is 13.6 Å². The third-order valence-electron chi connectivity index (χ3n) is 4.54. The van der Waals surface area contributed by atoms with Gasteiger partial charge in [-0.2, -0.15) is 0 Å². The van der Waals surface area contributed by atoms with Crippen LogP contribution in [0.2, 0.25) is 0 Å². The maximum absolute atomic E-state index is 13.4. The molecule has 164 valence electrons. The van der Waals surface area contributed by atoms with Gasteiger partial charge in [0.05, 0.1) is 12.2 Å². The lowest BCUT2D eigenvalue weighted by Crippen LogP contribution is -2.38. The van der Waals surface area contributed by atoms with E-state index in [2.05, 4.69) is 21.3 Å². The van der Waals surface area contributed by atoms with Crippen molar-refractivity contribution in [3.8, 4) is 0 Å². The van der Waals surface area contributed by atoms with Crippen LogP contribution in [0.25, 0.3) is 0 Å². The number of methoxy groups -OCH3 is 1. The minimum Gasteiger partial charge on any atom is -0.383 e. The summed E-state index contributed by atoms with van der Waals surface area (Å²) in [6, 6.07) is 11.0. The molecule has 0 aromatic heterocycles. The maximum Gasteiger partial charge on any atom is 0.252 e. The average Bonchev–Trinajstić information content (AvgIpc) is 2.73. The summed E-state index contributed by atoms with van der Waals surface area (Å²) in [5.74, 6) is -1.95. The van der Waals surface area contributed by atoms with Crippen LogP contribution in [-0.2, 0) is 16.1 Å². The Bertz CT molecular complexity index is 956. The first kappa shape index (κ1) is 22.1. The Morgan fingerprint density at radius 3 is 2.42 bits per heavy atom. The Morgan fingerprint density at radius 1 is 1.10 bits per heavy atom. The minimum absolute atomic E-state index is 0.125. The summed E-state index contributed by atoms with van der Waals surface area (Å²) in [6.45, 7) is 1.45. The SMILES string of the molecule is COCCNc1ccc(NC2C=C(NCc3cc(F)cc(F)c3)C(C(N)=O)=CN2)cc1. The molecular formula is C22H25F2N5O2. The van der Waals surface area contributed by atoms with Crippen molar-refractivity contribution in [1.82, 2.24) is 10.6 Å². The van der Waals surface area contributed by atoms with Gasteiger partial charge in [0.15, 0.2) is 0 Å². The summed E-state index contributed by atoms with van der Waals surface area (Å²) in [7, 11) is 1.65. The van der Waals surface area contributed by atoms with Gasteiger partial charge in [-0.3, -0.25) is 4.79 Å². The molecule has 0 spiro atoms. The fourth-order valence-corrected chi connectivity index (χ4v) is 3.07. The highest BCUT2D eigenvalue weighted by Gasteiger charge is 2.19. The maximum atomic E-state index is 13.4. The largest absolute Gasteiger partial charge is 0.383 e. The zero-order chi connectivity index (χ0) is 22.2. The number of anilines is 2. The number of hydrogen-bond donors (Lipinski definition) is 5. The van der Waals surface area contributed by atoms with Crippen LogP contribution in [0.1, 0.15) is 5.56 Å². The van der Waals surface area contributed by atoms with Crippen LogP contribution in [0.4, 0.5) is 20.2 Å². The quantitative estimate of drug-likeness (QED) is 0.372. The third-order valence-corrected chi connectivity index (χ3v) is 4.54. The van der Waals surface area contributed by atoms with Gasteiger partial charge < -0.3 is 31.7 Å². The predicted octanol–water partition coefficient (Wildman–Crippen LogP) is 2.41. The Labute approximate surface area is 179 Å². The number of rotatable bonds is 10. The zero-order valence-corrected chi connectivity index (χ0v) is 17.0. The van der Waals surface area contributed by atoms with Crippen molar-refractivity contribution >= 4 is 17.3 Å². The molecule has 0 aliphatic carbocycles. The number of carbonyl (C=O) groups is 1. The van der Waals surface area contributed by atoms with Crippen molar-refractivity contribution in [3.63, 3.8) is 0 Å². The molecule has 3 rings (SSSR count). The Morgan fingerprint density at radius 2 is 1.77 bits per heavy atom. The van der Waals surface area contributed by atoms with Gasteiger partial charge in [-0.25, -0.2) is 8.78 Å². The van der Waals surface area contributed by atoms with Crippen LogP contribution in [0.5, 0.6) is 0 Å². The normalized spacial score (nSPS) is 15.4. The number of nitrogens with two attached hydrogens (primary N) is 1. The molecule has 0 saturated carbocycles. The number of benzene rings is 2. The molecule has 1 aliphatic heterocycles. The summed E-state index contributed by atoms with van der Waals surface area (Å²) in [4.78, 5) is 11.8. The smallest absolute Gasteiger partial charge is 0.252 e. The van der Waals surface area contributed by atoms with Crippen molar-refractivity contribution in [2.75, 3.05) is 30.9 Å². The Kier molecular flexibility index (Phi) is 7.45. The minimum atomic E-state index is -0.665.